The standard InChI is InChI=1S/C16H15N3O4/c1-17-13-7-2-3-8-14(13)18(16(17)21)10-15(20)11-5-4-6-12(9-11)19(22)23/h2-9,15,20H,10H2,1H3/t15-/m1/s1. The maximum atomic E-state index is 12.3. The van der Waals surface area contributed by atoms with Crippen LogP contribution in [0.15, 0.2) is 53.3 Å². The first-order valence-electron chi connectivity index (χ1n) is 7.05. The molecule has 2 aromatic carbocycles. The molecule has 3 rings (SSSR count). The number of nitro groups is 1. The van der Waals surface area contributed by atoms with Gasteiger partial charge in [-0.3, -0.25) is 19.2 Å². The Balaban J connectivity index is 1.99. The minimum atomic E-state index is -1.02. The third-order valence-corrected chi connectivity index (χ3v) is 3.87. The lowest BCUT2D eigenvalue weighted by Gasteiger charge is -2.12. The highest BCUT2D eigenvalue weighted by atomic mass is 16.6. The average Bonchev–Trinajstić information content (AvgIpc) is 2.80. The van der Waals surface area contributed by atoms with Gasteiger partial charge >= 0.3 is 5.69 Å². The van der Waals surface area contributed by atoms with Crippen molar-refractivity contribution in [2.75, 3.05) is 0 Å². The van der Waals surface area contributed by atoms with Gasteiger partial charge in [0, 0.05) is 19.2 Å². The molecule has 1 N–H and O–H groups in total. The monoisotopic (exact) mass is 313 g/mol. The van der Waals surface area contributed by atoms with Crippen molar-refractivity contribution in [3.05, 3.63) is 74.7 Å². The Bertz CT molecular complexity index is 942. The van der Waals surface area contributed by atoms with Gasteiger partial charge in [-0.1, -0.05) is 24.3 Å². The predicted octanol–water partition coefficient (Wildman–Crippen LogP) is 1.98. The normalized spacial score (nSPS) is 12.4. The van der Waals surface area contributed by atoms with Crippen LogP contribution in [0.1, 0.15) is 11.7 Å². The Morgan fingerprint density at radius 2 is 1.87 bits per heavy atom. The number of hydrogen-bond acceptors (Lipinski definition) is 4. The van der Waals surface area contributed by atoms with Gasteiger partial charge in [-0.2, -0.15) is 0 Å². The largest absolute Gasteiger partial charge is 0.387 e. The van der Waals surface area contributed by atoms with Gasteiger partial charge in [0.2, 0.25) is 0 Å². The molecule has 23 heavy (non-hydrogen) atoms. The van der Waals surface area contributed by atoms with E-state index in [1.165, 1.54) is 27.3 Å². The van der Waals surface area contributed by atoms with Crippen LogP contribution in [0, 0.1) is 10.1 Å². The Kier molecular flexibility index (Phi) is 3.71. The van der Waals surface area contributed by atoms with Crippen molar-refractivity contribution in [2.24, 2.45) is 7.05 Å². The zero-order valence-electron chi connectivity index (χ0n) is 12.4. The maximum absolute atomic E-state index is 12.3. The van der Waals surface area contributed by atoms with E-state index in [0.717, 1.165) is 5.52 Å². The van der Waals surface area contributed by atoms with E-state index in [-0.39, 0.29) is 17.9 Å². The first-order chi connectivity index (χ1) is 11.0. The molecule has 1 atom stereocenters. The van der Waals surface area contributed by atoms with Gasteiger partial charge in [0.25, 0.3) is 5.69 Å². The molecule has 0 aliphatic rings. The smallest absolute Gasteiger partial charge is 0.328 e. The number of benzene rings is 2. The van der Waals surface area contributed by atoms with E-state index in [1.54, 1.807) is 19.2 Å². The summed E-state index contributed by atoms with van der Waals surface area (Å²) in [6.45, 7) is 0.0291. The molecule has 0 radical (unpaired) electrons. The number of imidazole rings is 1. The van der Waals surface area contributed by atoms with Crippen molar-refractivity contribution in [3.8, 4) is 0 Å². The molecule has 0 fully saturated rings. The molecule has 1 heterocycles. The molecular formula is C16H15N3O4. The van der Waals surface area contributed by atoms with Gasteiger partial charge in [0.15, 0.2) is 0 Å². The van der Waals surface area contributed by atoms with E-state index in [9.17, 15) is 20.0 Å². The number of aliphatic hydroxyl groups excluding tert-OH is 1. The number of nitrogens with zero attached hydrogens (tertiary/aromatic N) is 3. The van der Waals surface area contributed by atoms with E-state index in [2.05, 4.69) is 0 Å². The summed E-state index contributed by atoms with van der Waals surface area (Å²) in [6.07, 6.45) is -1.02. The number of para-hydroxylation sites is 2. The quantitative estimate of drug-likeness (QED) is 0.589. The number of non-ortho nitro benzene ring substituents is 1. The Hall–Kier alpha value is -2.93. The van der Waals surface area contributed by atoms with E-state index in [1.807, 2.05) is 18.2 Å². The van der Waals surface area contributed by atoms with Crippen LogP contribution in [0.2, 0.25) is 0 Å². The summed E-state index contributed by atoms with van der Waals surface area (Å²) in [6, 6.07) is 13.1. The van der Waals surface area contributed by atoms with Crippen molar-refractivity contribution in [3.63, 3.8) is 0 Å². The second kappa shape index (κ2) is 5.69. The number of aryl methyl sites for hydroxylation is 1. The third-order valence-electron chi connectivity index (χ3n) is 3.87. The summed E-state index contributed by atoms with van der Waals surface area (Å²) in [4.78, 5) is 22.7. The van der Waals surface area contributed by atoms with E-state index in [4.69, 9.17) is 0 Å². The fraction of sp³-hybridized carbons (Fsp3) is 0.188. The first-order valence-corrected chi connectivity index (χ1v) is 7.05. The molecule has 0 aliphatic carbocycles. The van der Waals surface area contributed by atoms with Crippen LogP contribution in [0.25, 0.3) is 11.0 Å². The van der Waals surface area contributed by atoms with Gasteiger partial charge in [-0.05, 0) is 17.7 Å². The molecule has 0 saturated heterocycles. The molecule has 0 amide bonds. The van der Waals surface area contributed by atoms with Crippen molar-refractivity contribution >= 4 is 16.7 Å². The van der Waals surface area contributed by atoms with E-state index < -0.39 is 11.0 Å². The Morgan fingerprint density at radius 3 is 2.57 bits per heavy atom. The van der Waals surface area contributed by atoms with Gasteiger partial charge in [0.05, 0.1) is 28.6 Å². The number of rotatable bonds is 4. The molecule has 0 spiro atoms. The summed E-state index contributed by atoms with van der Waals surface area (Å²) in [7, 11) is 1.67. The minimum absolute atomic E-state index is 0.0291. The highest BCUT2D eigenvalue weighted by Crippen LogP contribution is 2.22. The predicted molar refractivity (Wildman–Crippen MR) is 85.2 cm³/mol. The topological polar surface area (TPSA) is 90.3 Å². The van der Waals surface area contributed by atoms with Gasteiger partial charge < -0.3 is 5.11 Å². The van der Waals surface area contributed by atoms with Gasteiger partial charge in [-0.25, -0.2) is 4.79 Å². The lowest BCUT2D eigenvalue weighted by Crippen LogP contribution is -2.24. The van der Waals surface area contributed by atoms with E-state index >= 15 is 0 Å². The lowest BCUT2D eigenvalue weighted by molar-refractivity contribution is -0.385. The number of fused-ring (bicyclic) bond motifs is 1. The highest BCUT2D eigenvalue weighted by Gasteiger charge is 2.17. The van der Waals surface area contributed by atoms with Crippen LogP contribution < -0.4 is 5.69 Å². The molecule has 7 heteroatoms. The molecule has 7 nitrogen and oxygen atoms in total. The molecule has 0 bridgehead atoms. The molecular weight excluding hydrogens is 298 g/mol. The second-order valence-corrected chi connectivity index (χ2v) is 5.31. The summed E-state index contributed by atoms with van der Waals surface area (Å²) < 4.78 is 2.98. The van der Waals surface area contributed by atoms with Crippen LogP contribution in [0.5, 0.6) is 0 Å². The Morgan fingerprint density at radius 1 is 1.17 bits per heavy atom. The fourth-order valence-corrected chi connectivity index (χ4v) is 2.66. The molecule has 1 aromatic heterocycles. The van der Waals surface area contributed by atoms with Crippen LogP contribution in [0.3, 0.4) is 0 Å². The fourth-order valence-electron chi connectivity index (χ4n) is 2.66. The molecule has 118 valence electrons. The van der Waals surface area contributed by atoms with Crippen molar-refractivity contribution < 1.29 is 10.0 Å². The number of hydrogen-bond donors (Lipinski definition) is 1. The number of nitro benzene ring substituents is 1. The summed E-state index contributed by atoms with van der Waals surface area (Å²) in [5.41, 5.74) is 1.55. The minimum Gasteiger partial charge on any atom is -0.387 e. The lowest BCUT2D eigenvalue weighted by atomic mass is 10.1. The van der Waals surface area contributed by atoms with Crippen molar-refractivity contribution in [2.45, 2.75) is 12.6 Å². The van der Waals surface area contributed by atoms with E-state index in [0.29, 0.717) is 11.1 Å². The summed E-state index contributed by atoms with van der Waals surface area (Å²) in [5, 5.41) is 21.2. The molecule has 0 saturated carbocycles. The van der Waals surface area contributed by atoms with Crippen LogP contribution in [-0.2, 0) is 13.6 Å². The van der Waals surface area contributed by atoms with Crippen LogP contribution in [-0.4, -0.2) is 19.2 Å². The first kappa shape index (κ1) is 15.0. The van der Waals surface area contributed by atoms with Gasteiger partial charge in [0.1, 0.15) is 0 Å². The SMILES string of the molecule is Cn1c(=O)n(C[C@@H](O)c2cccc([N+](=O)[O-])c2)c2ccccc21. The number of aromatic nitrogens is 2. The van der Waals surface area contributed by atoms with Crippen molar-refractivity contribution in [1.29, 1.82) is 0 Å². The summed E-state index contributed by atoms with van der Waals surface area (Å²) in [5.74, 6) is 0. The summed E-state index contributed by atoms with van der Waals surface area (Å²) >= 11 is 0. The van der Waals surface area contributed by atoms with Crippen molar-refractivity contribution in [1.82, 2.24) is 9.13 Å². The average molecular weight is 313 g/mol. The van der Waals surface area contributed by atoms with Gasteiger partial charge in [-0.15, -0.1) is 0 Å². The molecule has 0 aliphatic heterocycles. The Labute approximate surface area is 131 Å². The zero-order valence-corrected chi connectivity index (χ0v) is 12.4. The second-order valence-electron chi connectivity index (χ2n) is 5.31. The highest BCUT2D eigenvalue weighted by molar-refractivity contribution is 5.75. The molecule has 3 aromatic rings. The number of aliphatic hydroxyl groups is 1. The zero-order chi connectivity index (χ0) is 16.6. The maximum Gasteiger partial charge on any atom is 0.328 e. The van der Waals surface area contributed by atoms with Crippen LogP contribution >= 0.6 is 0 Å². The van der Waals surface area contributed by atoms with Crippen LogP contribution in [0.4, 0.5) is 5.69 Å². The third kappa shape index (κ3) is 2.62. The molecule has 0 unspecified atom stereocenters.